The molecule has 2 aliphatic rings. The van der Waals surface area contributed by atoms with Crippen molar-refractivity contribution in [2.24, 2.45) is 0 Å². The van der Waals surface area contributed by atoms with E-state index in [4.69, 9.17) is 4.84 Å². The van der Waals surface area contributed by atoms with Crippen molar-refractivity contribution in [3.05, 3.63) is 70.3 Å². The van der Waals surface area contributed by atoms with Crippen molar-refractivity contribution < 1.29 is 19.3 Å². The topological polar surface area (TPSA) is 93.0 Å². The fraction of sp³-hybridized carbons (Fsp3) is 0.364. The lowest BCUT2D eigenvalue weighted by molar-refractivity contribution is -0.384. The molecule has 2 amide bonds. The molecule has 2 heterocycles. The average Bonchev–Trinajstić information content (AvgIpc) is 3.17. The highest BCUT2D eigenvalue weighted by atomic mass is 16.7. The summed E-state index contributed by atoms with van der Waals surface area (Å²) in [6, 6.07) is 15.3. The van der Waals surface area contributed by atoms with Gasteiger partial charge >= 0.3 is 0 Å². The molecule has 30 heavy (non-hydrogen) atoms. The maximum atomic E-state index is 13.3. The number of hydroxylamine groups is 1. The van der Waals surface area contributed by atoms with E-state index in [0.717, 1.165) is 11.3 Å². The Kier molecular flexibility index (Phi) is 4.62. The number of hydrogen-bond acceptors (Lipinski definition) is 6. The van der Waals surface area contributed by atoms with E-state index in [0.29, 0.717) is 12.8 Å². The van der Waals surface area contributed by atoms with Crippen molar-refractivity contribution in [2.75, 3.05) is 5.06 Å². The van der Waals surface area contributed by atoms with Crippen LogP contribution in [0.15, 0.2) is 54.6 Å². The Morgan fingerprint density at radius 2 is 1.77 bits per heavy atom. The van der Waals surface area contributed by atoms with Crippen LogP contribution >= 0.6 is 0 Å². The molecule has 2 atom stereocenters. The molecule has 8 nitrogen and oxygen atoms in total. The van der Waals surface area contributed by atoms with Gasteiger partial charge in [0.15, 0.2) is 5.60 Å². The third-order valence-corrected chi connectivity index (χ3v) is 5.81. The van der Waals surface area contributed by atoms with Crippen LogP contribution in [-0.4, -0.2) is 32.8 Å². The van der Waals surface area contributed by atoms with E-state index >= 15 is 0 Å². The van der Waals surface area contributed by atoms with E-state index in [1.54, 1.807) is 17.2 Å². The molecule has 4 rings (SSSR count). The Hall–Kier alpha value is -3.26. The van der Waals surface area contributed by atoms with Gasteiger partial charge in [-0.2, -0.15) is 0 Å². The third-order valence-electron chi connectivity index (χ3n) is 5.81. The number of rotatable bonds is 3. The van der Waals surface area contributed by atoms with E-state index in [9.17, 15) is 19.7 Å². The molecule has 156 valence electrons. The Labute approximate surface area is 174 Å². The molecule has 0 unspecified atom stereocenters. The lowest BCUT2D eigenvalue weighted by Crippen LogP contribution is -2.46. The first kappa shape index (κ1) is 20.0. The Balaban J connectivity index is 1.76. The molecule has 8 heteroatoms. The molecule has 2 saturated heterocycles. The van der Waals surface area contributed by atoms with Crippen molar-refractivity contribution in [1.82, 2.24) is 4.90 Å². The SMILES string of the molecule is CC(=O)N1C(=O)[C@]2(C[C@H](c3ccc([N+](=O)[O-])cc3)N(c3ccccc3)O2)CC1(C)C. The molecular formula is C22H23N3O5. The summed E-state index contributed by atoms with van der Waals surface area (Å²) < 4.78 is 0. The summed E-state index contributed by atoms with van der Waals surface area (Å²) in [7, 11) is 0. The van der Waals surface area contributed by atoms with Crippen LogP contribution in [0.25, 0.3) is 0 Å². The molecule has 0 saturated carbocycles. The van der Waals surface area contributed by atoms with Crippen molar-refractivity contribution in [2.45, 2.75) is 50.8 Å². The highest BCUT2D eigenvalue weighted by Gasteiger charge is 2.63. The summed E-state index contributed by atoms with van der Waals surface area (Å²) in [5, 5.41) is 12.7. The van der Waals surface area contributed by atoms with Crippen molar-refractivity contribution in [3.63, 3.8) is 0 Å². The summed E-state index contributed by atoms with van der Waals surface area (Å²) in [5.74, 6) is -0.652. The van der Waals surface area contributed by atoms with Crippen LogP contribution in [0.1, 0.15) is 45.2 Å². The van der Waals surface area contributed by atoms with Gasteiger partial charge in [0.05, 0.1) is 16.7 Å². The fourth-order valence-corrected chi connectivity index (χ4v) is 4.70. The van der Waals surface area contributed by atoms with Gasteiger partial charge in [-0.1, -0.05) is 30.3 Å². The predicted molar refractivity (Wildman–Crippen MR) is 109 cm³/mol. The first-order valence-corrected chi connectivity index (χ1v) is 9.78. The monoisotopic (exact) mass is 409 g/mol. The zero-order valence-corrected chi connectivity index (χ0v) is 17.1. The largest absolute Gasteiger partial charge is 0.275 e. The maximum Gasteiger partial charge on any atom is 0.269 e. The summed E-state index contributed by atoms with van der Waals surface area (Å²) in [4.78, 5) is 43.7. The molecule has 0 N–H and O–H groups in total. The number of nitro groups is 1. The first-order valence-electron chi connectivity index (χ1n) is 9.78. The van der Waals surface area contributed by atoms with Crippen LogP contribution in [0, 0.1) is 10.1 Å². The summed E-state index contributed by atoms with van der Waals surface area (Å²) in [5.41, 5.74) is -0.273. The number of nitrogens with zero attached hydrogens (tertiary/aromatic N) is 3. The summed E-state index contributed by atoms with van der Waals surface area (Å²) in [6.45, 7) is 5.10. The lowest BCUT2D eigenvalue weighted by Gasteiger charge is -2.27. The number of nitro benzene ring substituents is 1. The van der Waals surface area contributed by atoms with Crippen LogP contribution in [-0.2, 0) is 14.4 Å². The number of carbonyl (C=O) groups is 2. The Morgan fingerprint density at radius 3 is 2.30 bits per heavy atom. The average molecular weight is 409 g/mol. The second kappa shape index (κ2) is 6.91. The smallest absolute Gasteiger partial charge is 0.269 e. The highest BCUT2D eigenvalue weighted by Crippen LogP contribution is 2.51. The minimum absolute atomic E-state index is 0.000490. The molecule has 0 radical (unpaired) electrons. The van der Waals surface area contributed by atoms with Gasteiger partial charge in [-0.3, -0.25) is 29.4 Å². The van der Waals surface area contributed by atoms with E-state index in [1.165, 1.54) is 24.0 Å². The highest BCUT2D eigenvalue weighted by molar-refractivity contribution is 6.02. The number of anilines is 1. The zero-order valence-electron chi connectivity index (χ0n) is 17.1. The van der Waals surface area contributed by atoms with Gasteiger partial charge in [-0.15, -0.1) is 0 Å². The normalized spacial score (nSPS) is 25.2. The standard InChI is InChI=1S/C22H23N3O5/c1-15(26)23-20(27)22(14-21(23,2)3)13-19(16-9-11-18(12-10-16)25(28)29)24(30-22)17-7-5-4-6-8-17/h4-12,19H,13-14H2,1-3H3/t19-,22+/m1/s1. The molecule has 0 aliphatic carbocycles. The van der Waals surface area contributed by atoms with Gasteiger partial charge in [0.2, 0.25) is 5.91 Å². The fourth-order valence-electron chi connectivity index (χ4n) is 4.70. The lowest BCUT2D eigenvalue weighted by atomic mass is 9.86. The maximum absolute atomic E-state index is 13.3. The molecule has 0 aromatic heterocycles. The first-order chi connectivity index (χ1) is 14.1. The second-order valence-electron chi connectivity index (χ2n) is 8.46. The summed E-state index contributed by atoms with van der Waals surface area (Å²) >= 11 is 0. The summed E-state index contributed by atoms with van der Waals surface area (Å²) in [6.07, 6.45) is 0.705. The molecular weight excluding hydrogens is 386 g/mol. The molecule has 2 fully saturated rings. The number of para-hydroxylation sites is 1. The van der Waals surface area contributed by atoms with E-state index in [2.05, 4.69) is 0 Å². The van der Waals surface area contributed by atoms with Gasteiger partial charge in [0.1, 0.15) is 0 Å². The second-order valence-corrected chi connectivity index (χ2v) is 8.46. The van der Waals surface area contributed by atoms with Gasteiger partial charge < -0.3 is 0 Å². The molecule has 2 aromatic rings. The van der Waals surface area contributed by atoms with E-state index in [-0.39, 0.29) is 23.5 Å². The van der Waals surface area contributed by atoms with Crippen molar-refractivity contribution >= 4 is 23.2 Å². The van der Waals surface area contributed by atoms with Gasteiger partial charge in [0, 0.05) is 37.4 Å². The minimum Gasteiger partial charge on any atom is -0.275 e. The quantitative estimate of drug-likeness (QED) is 0.566. The number of non-ortho nitro benzene ring substituents is 1. The van der Waals surface area contributed by atoms with Crippen LogP contribution in [0.5, 0.6) is 0 Å². The molecule has 0 bridgehead atoms. The molecule has 1 spiro atoms. The van der Waals surface area contributed by atoms with Gasteiger partial charge in [-0.25, -0.2) is 5.06 Å². The van der Waals surface area contributed by atoms with Gasteiger partial charge in [-0.05, 0) is 31.5 Å². The molecule has 2 aliphatic heterocycles. The zero-order chi connectivity index (χ0) is 21.7. The Morgan fingerprint density at radius 1 is 1.13 bits per heavy atom. The number of imide groups is 1. The van der Waals surface area contributed by atoms with Crippen LogP contribution < -0.4 is 5.06 Å². The minimum atomic E-state index is -1.17. The number of carbonyl (C=O) groups excluding carboxylic acids is 2. The number of amides is 2. The third kappa shape index (κ3) is 3.13. The van der Waals surface area contributed by atoms with Crippen LogP contribution in [0.4, 0.5) is 11.4 Å². The van der Waals surface area contributed by atoms with Crippen molar-refractivity contribution in [1.29, 1.82) is 0 Å². The van der Waals surface area contributed by atoms with Crippen LogP contribution in [0.2, 0.25) is 0 Å². The number of hydrogen-bond donors (Lipinski definition) is 0. The van der Waals surface area contributed by atoms with E-state index in [1.807, 2.05) is 44.2 Å². The van der Waals surface area contributed by atoms with E-state index < -0.39 is 16.1 Å². The predicted octanol–water partition coefficient (Wildman–Crippen LogP) is 3.77. The molecule has 2 aromatic carbocycles. The number of likely N-dealkylation sites (tertiary alicyclic amines) is 1. The number of benzene rings is 2. The Bertz CT molecular complexity index is 1010. The van der Waals surface area contributed by atoms with Crippen molar-refractivity contribution in [3.8, 4) is 0 Å². The van der Waals surface area contributed by atoms with Crippen LogP contribution in [0.3, 0.4) is 0 Å². The van der Waals surface area contributed by atoms with Gasteiger partial charge in [0.25, 0.3) is 11.6 Å².